The summed E-state index contributed by atoms with van der Waals surface area (Å²) >= 11 is 1.74. The number of rotatable bonds is 6. The zero-order valence-corrected chi connectivity index (χ0v) is 17.4. The lowest BCUT2D eigenvalue weighted by molar-refractivity contribution is -0.153. The molecule has 1 heterocycles. The molecule has 4 aliphatic carbocycles. The number of carbonyl (C=O) groups excluding carboxylic acids is 2. The largest absolute Gasteiger partial charge is 0.354 e. The summed E-state index contributed by atoms with van der Waals surface area (Å²) in [5.41, 5.74) is -0.444. The summed E-state index contributed by atoms with van der Waals surface area (Å²) < 4.78 is 0. The van der Waals surface area contributed by atoms with E-state index in [1.165, 1.54) is 11.3 Å². The first-order valence-electron chi connectivity index (χ1n) is 10.1. The molecule has 5 atom stereocenters. The molecule has 1 aromatic heterocycles. The summed E-state index contributed by atoms with van der Waals surface area (Å²) in [6, 6.07) is 4.40. The lowest BCUT2D eigenvalue weighted by atomic mass is 9.46. The molecular formula is C21H31N3O2S. The van der Waals surface area contributed by atoms with Crippen LogP contribution in [0.4, 0.5) is 0 Å². The van der Waals surface area contributed by atoms with Gasteiger partial charge >= 0.3 is 0 Å². The minimum Gasteiger partial charge on any atom is -0.354 e. The maximum Gasteiger partial charge on any atom is 0.226 e. The van der Waals surface area contributed by atoms with Crippen molar-refractivity contribution in [1.82, 2.24) is 15.5 Å². The monoisotopic (exact) mass is 389 g/mol. The summed E-state index contributed by atoms with van der Waals surface area (Å²) in [6.07, 6.45) is 6.11. The highest BCUT2D eigenvalue weighted by molar-refractivity contribution is 7.10. The van der Waals surface area contributed by atoms with Crippen LogP contribution in [0.1, 0.15) is 56.4 Å². The first-order chi connectivity index (χ1) is 12.8. The van der Waals surface area contributed by atoms with Crippen molar-refractivity contribution in [3.05, 3.63) is 22.4 Å². The quantitative estimate of drug-likeness (QED) is 0.786. The van der Waals surface area contributed by atoms with E-state index < -0.39 is 0 Å². The molecule has 0 aliphatic heterocycles. The average molecular weight is 390 g/mol. The molecule has 6 heteroatoms. The predicted octanol–water partition coefficient (Wildman–Crippen LogP) is 2.94. The van der Waals surface area contributed by atoms with Gasteiger partial charge in [-0.15, -0.1) is 11.3 Å². The van der Waals surface area contributed by atoms with Crippen molar-refractivity contribution < 1.29 is 9.59 Å². The van der Waals surface area contributed by atoms with Gasteiger partial charge in [-0.1, -0.05) is 6.07 Å². The van der Waals surface area contributed by atoms with Crippen LogP contribution in [0.15, 0.2) is 17.5 Å². The highest BCUT2D eigenvalue weighted by atomic mass is 32.1. The minimum absolute atomic E-state index is 0.0397. The fraction of sp³-hybridized carbons (Fsp3) is 0.714. The van der Waals surface area contributed by atoms with Crippen molar-refractivity contribution in [2.24, 2.45) is 17.3 Å². The Morgan fingerprint density at radius 3 is 2.52 bits per heavy atom. The third-order valence-corrected chi connectivity index (χ3v) is 7.91. The second-order valence-corrected chi connectivity index (χ2v) is 10.4. The summed E-state index contributed by atoms with van der Waals surface area (Å²) in [5.74, 6) is 1.39. The number of hydrogen-bond acceptors (Lipinski definition) is 4. The molecule has 0 aromatic carbocycles. The standard InChI is InChI=1S/C21H31N3O2S/c1-14(25)23-21-10-15-7-16(11-21)9-20(8-15,13-21)19(26)22-12-17(24(2)3)18-5-4-6-27-18/h4-6,15-17H,7-13H2,1-3H3,(H,22,26)(H,23,25)/t15-,16+,17-,20?,21?/m0/s1. The van der Waals surface area contributed by atoms with Gasteiger partial charge in [0.05, 0.1) is 11.5 Å². The average Bonchev–Trinajstić information content (AvgIpc) is 3.06. The first-order valence-corrected chi connectivity index (χ1v) is 11.0. The fourth-order valence-electron chi connectivity index (χ4n) is 6.44. The fourth-order valence-corrected chi connectivity index (χ4v) is 7.37. The molecule has 4 saturated carbocycles. The molecule has 27 heavy (non-hydrogen) atoms. The summed E-state index contributed by atoms with van der Waals surface area (Å²) in [4.78, 5) is 28.6. The van der Waals surface area contributed by atoms with Gasteiger partial charge in [0, 0.05) is 23.9 Å². The van der Waals surface area contributed by atoms with Crippen molar-refractivity contribution in [3.63, 3.8) is 0 Å². The summed E-state index contributed by atoms with van der Waals surface area (Å²) in [5, 5.41) is 8.63. The third kappa shape index (κ3) is 3.54. The van der Waals surface area contributed by atoms with Crippen LogP contribution in [-0.2, 0) is 9.59 Å². The molecule has 0 radical (unpaired) electrons. The zero-order valence-electron chi connectivity index (χ0n) is 16.6. The van der Waals surface area contributed by atoms with Crippen molar-refractivity contribution in [3.8, 4) is 0 Å². The van der Waals surface area contributed by atoms with Crippen LogP contribution in [0.3, 0.4) is 0 Å². The van der Waals surface area contributed by atoms with E-state index in [4.69, 9.17) is 0 Å². The summed E-state index contributed by atoms with van der Waals surface area (Å²) in [6.45, 7) is 2.24. The smallest absolute Gasteiger partial charge is 0.226 e. The summed E-state index contributed by atoms with van der Waals surface area (Å²) in [7, 11) is 4.13. The van der Waals surface area contributed by atoms with E-state index in [-0.39, 0.29) is 28.8 Å². The van der Waals surface area contributed by atoms with Crippen LogP contribution >= 0.6 is 11.3 Å². The van der Waals surface area contributed by atoms with E-state index in [0.717, 1.165) is 32.1 Å². The normalized spacial score (nSPS) is 35.3. The van der Waals surface area contributed by atoms with Crippen LogP contribution in [0, 0.1) is 17.3 Å². The molecule has 2 amide bonds. The van der Waals surface area contributed by atoms with Crippen molar-refractivity contribution in [2.45, 2.75) is 57.0 Å². The Morgan fingerprint density at radius 1 is 1.26 bits per heavy atom. The second-order valence-electron chi connectivity index (χ2n) is 9.41. The molecule has 148 valence electrons. The molecule has 4 fully saturated rings. The van der Waals surface area contributed by atoms with Gasteiger partial charge in [0.1, 0.15) is 0 Å². The van der Waals surface area contributed by atoms with Crippen LogP contribution in [0.2, 0.25) is 0 Å². The van der Waals surface area contributed by atoms with E-state index in [9.17, 15) is 9.59 Å². The van der Waals surface area contributed by atoms with Crippen molar-refractivity contribution in [1.29, 1.82) is 0 Å². The van der Waals surface area contributed by atoms with Crippen LogP contribution in [-0.4, -0.2) is 42.9 Å². The van der Waals surface area contributed by atoms with E-state index >= 15 is 0 Å². The van der Waals surface area contributed by atoms with Gasteiger partial charge in [-0.3, -0.25) is 9.59 Å². The van der Waals surface area contributed by atoms with E-state index in [0.29, 0.717) is 18.4 Å². The number of nitrogens with zero attached hydrogens (tertiary/aromatic N) is 1. The molecular weight excluding hydrogens is 358 g/mol. The highest BCUT2D eigenvalue weighted by Crippen LogP contribution is 2.61. The van der Waals surface area contributed by atoms with Gasteiger partial charge in [-0.2, -0.15) is 0 Å². The van der Waals surface area contributed by atoms with Gasteiger partial charge in [-0.25, -0.2) is 0 Å². The Bertz CT molecular complexity index is 701. The zero-order chi connectivity index (χ0) is 19.2. The van der Waals surface area contributed by atoms with Crippen LogP contribution in [0.5, 0.6) is 0 Å². The van der Waals surface area contributed by atoms with Gasteiger partial charge < -0.3 is 15.5 Å². The van der Waals surface area contributed by atoms with Crippen molar-refractivity contribution in [2.75, 3.05) is 20.6 Å². The minimum atomic E-state index is -0.293. The highest BCUT2D eigenvalue weighted by Gasteiger charge is 2.60. The molecule has 4 bridgehead atoms. The second kappa shape index (κ2) is 6.89. The maximum absolute atomic E-state index is 13.4. The number of amides is 2. The van der Waals surface area contributed by atoms with E-state index in [2.05, 4.69) is 47.1 Å². The van der Waals surface area contributed by atoms with Gasteiger partial charge in [0.2, 0.25) is 11.8 Å². The number of thiophene rings is 1. The van der Waals surface area contributed by atoms with Gasteiger partial charge in [-0.05, 0) is 75.9 Å². The number of likely N-dealkylation sites (N-methyl/N-ethyl adjacent to an activating group) is 1. The Kier molecular flexibility index (Phi) is 4.83. The Labute approximate surface area is 165 Å². The lowest BCUT2D eigenvalue weighted by Gasteiger charge is -2.61. The van der Waals surface area contributed by atoms with Crippen LogP contribution in [0.25, 0.3) is 0 Å². The Balaban J connectivity index is 1.49. The Hall–Kier alpha value is -1.40. The third-order valence-electron chi connectivity index (χ3n) is 6.93. The number of carbonyl (C=O) groups is 2. The van der Waals surface area contributed by atoms with Gasteiger partial charge in [0.15, 0.2) is 0 Å². The number of nitrogens with one attached hydrogen (secondary N) is 2. The SMILES string of the molecule is CC(=O)NC12C[C@H]3C[C@@H](C1)CC(C(=O)NC[C@@H](c1cccs1)N(C)C)(C3)C2. The molecule has 0 spiro atoms. The molecule has 4 aliphatic rings. The molecule has 0 saturated heterocycles. The molecule has 1 aromatic rings. The molecule has 5 rings (SSSR count). The topological polar surface area (TPSA) is 61.4 Å². The Morgan fingerprint density at radius 2 is 1.96 bits per heavy atom. The maximum atomic E-state index is 13.4. The molecule has 2 N–H and O–H groups in total. The van der Waals surface area contributed by atoms with Gasteiger partial charge in [0.25, 0.3) is 0 Å². The van der Waals surface area contributed by atoms with Crippen LogP contribution < -0.4 is 10.6 Å². The van der Waals surface area contributed by atoms with Crippen molar-refractivity contribution >= 4 is 23.2 Å². The number of hydrogen-bond donors (Lipinski definition) is 2. The predicted molar refractivity (Wildman–Crippen MR) is 107 cm³/mol. The molecule has 2 unspecified atom stereocenters. The van der Waals surface area contributed by atoms with E-state index in [1.54, 1.807) is 18.3 Å². The molecule has 5 nitrogen and oxygen atoms in total. The lowest BCUT2D eigenvalue weighted by Crippen LogP contribution is -2.65. The van der Waals surface area contributed by atoms with E-state index in [1.807, 2.05) is 0 Å². The first kappa shape index (κ1) is 18.9.